The summed E-state index contributed by atoms with van der Waals surface area (Å²) in [6.45, 7) is 3.74. The van der Waals surface area contributed by atoms with E-state index in [-0.39, 0.29) is 12.5 Å². The summed E-state index contributed by atoms with van der Waals surface area (Å²) >= 11 is 1.31. The lowest BCUT2D eigenvalue weighted by Gasteiger charge is -2.21. The number of halogens is 3. The molecule has 0 bridgehead atoms. The number of hydrogen-bond acceptors (Lipinski definition) is 3. The van der Waals surface area contributed by atoms with Crippen molar-refractivity contribution in [1.29, 1.82) is 0 Å². The molecule has 0 unspecified atom stereocenters. The number of benzene rings is 1. The Kier molecular flexibility index (Phi) is 6.19. The smallest absolute Gasteiger partial charge is 0.264 e. The van der Waals surface area contributed by atoms with Crippen LogP contribution in [0.3, 0.4) is 0 Å². The third kappa shape index (κ3) is 4.60. The summed E-state index contributed by atoms with van der Waals surface area (Å²) < 4.78 is 39.8. The summed E-state index contributed by atoms with van der Waals surface area (Å²) in [5.41, 5.74) is -0.472. The third-order valence-corrected chi connectivity index (χ3v) is 4.36. The SMILES string of the molecule is CCCN(CC(=O)Nc1ccc(F)c(F)c1F)C(=O)c1ccc(C)s1. The second kappa shape index (κ2) is 8.15. The Balaban J connectivity index is 2.10. The first-order chi connectivity index (χ1) is 11.8. The molecular formula is C17H17F3N2O2S. The Morgan fingerprint density at radius 3 is 2.44 bits per heavy atom. The van der Waals surface area contributed by atoms with E-state index in [9.17, 15) is 22.8 Å². The van der Waals surface area contributed by atoms with Crippen molar-refractivity contribution < 1.29 is 22.8 Å². The molecule has 0 atom stereocenters. The van der Waals surface area contributed by atoms with Crippen LogP contribution < -0.4 is 5.32 Å². The van der Waals surface area contributed by atoms with Gasteiger partial charge in [-0.25, -0.2) is 13.2 Å². The van der Waals surface area contributed by atoms with E-state index < -0.39 is 29.0 Å². The topological polar surface area (TPSA) is 49.4 Å². The average molecular weight is 370 g/mol. The van der Waals surface area contributed by atoms with Gasteiger partial charge in [0.15, 0.2) is 17.5 Å². The number of rotatable bonds is 6. The predicted molar refractivity (Wildman–Crippen MR) is 90.2 cm³/mol. The van der Waals surface area contributed by atoms with Crippen molar-refractivity contribution in [2.45, 2.75) is 20.3 Å². The Hall–Kier alpha value is -2.35. The second-order valence-corrected chi connectivity index (χ2v) is 6.70. The molecule has 1 aromatic heterocycles. The number of nitrogens with one attached hydrogen (secondary N) is 1. The molecule has 2 aromatic rings. The van der Waals surface area contributed by atoms with Crippen molar-refractivity contribution in [3.8, 4) is 0 Å². The molecule has 4 nitrogen and oxygen atoms in total. The highest BCUT2D eigenvalue weighted by molar-refractivity contribution is 7.13. The number of amides is 2. The van der Waals surface area contributed by atoms with E-state index in [0.717, 1.165) is 17.0 Å². The molecule has 1 heterocycles. The van der Waals surface area contributed by atoms with Crippen LogP contribution in [0.15, 0.2) is 24.3 Å². The van der Waals surface area contributed by atoms with E-state index in [4.69, 9.17) is 0 Å². The van der Waals surface area contributed by atoms with Crippen molar-refractivity contribution in [3.63, 3.8) is 0 Å². The zero-order valence-electron chi connectivity index (χ0n) is 13.7. The lowest BCUT2D eigenvalue weighted by molar-refractivity contribution is -0.116. The van der Waals surface area contributed by atoms with Gasteiger partial charge >= 0.3 is 0 Å². The maximum Gasteiger partial charge on any atom is 0.264 e. The molecule has 0 aliphatic rings. The molecule has 2 amide bonds. The van der Waals surface area contributed by atoms with Gasteiger partial charge in [0.05, 0.1) is 10.6 Å². The van der Waals surface area contributed by atoms with Crippen LogP contribution in [0.25, 0.3) is 0 Å². The van der Waals surface area contributed by atoms with Crippen LogP contribution in [0.2, 0.25) is 0 Å². The van der Waals surface area contributed by atoms with Crippen LogP contribution in [0.5, 0.6) is 0 Å². The molecule has 25 heavy (non-hydrogen) atoms. The summed E-state index contributed by atoms with van der Waals surface area (Å²) in [6.07, 6.45) is 0.628. The van der Waals surface area contributed by atoms with E-state index >= 15 is 0 Å². The summed E-state index contributed by atoms with van der Waals surface area (Å²) in [7, 11) is 0. The molecule has 0 spiro atoms. The average Bonchev–Trinajstić information content (AvgIpc) is 3.01. The standard InChI is InChI=1S/C17H17F3N2O2S/c1-3-8-22(17(24)13-7-4-10(2)25-13)9-14(23)21-12-6-5-11(18)15(19)16(12)20/h4-7H,3,8-9H2,1-2H3,(H,21,23). The number of carbonyl (C=O) groups excluding carboxylic acids is 2. The molecule has 0 aliphatic heterocycles. The van der Waals surface area contributed by atoms with Gasteiger partial charge in [-0.05, 0) is 37.6 Å². The highest BCUT2D eigenvalue weighted by atomic mass is 32.1. The minimum Gasteiger partial charge on any atom is -0.329 e. The van der Waals surface area contributed by atoms with Crippen LogP contribution in [-0.4, -0.2) is 29.8 Å². The van der Waals surface area contributed by atoms with Gasteiger partial charge in [0.25, 0.3) is 5.91 Å². The Morgan fingerprint density at radius 2 is 1.84 bits per heavy atom. The number of hydrogen-bond donors (Lipinski definition) is 1. The van der Waals surface area contributed by atoms with Gasteiger partial charge < -0.3 is 10.2 Å². The number of anilines is 1. The van der Waals surface area contributed by atoms with E-state index in [2.05, 4.69) is 5.32 Å². The fourth-order valence-electron chi connectivity index (χ4n) is 2.21. The minimum atomic E-state index is -1.66. The van der Waals surface area contributed by atoms with Crippen LogP contribution >= 0.6 is 11.3 Å². The molecular weight excluding hydrogens is 353 g/mol. The summed E-state index contributed by atoms with van der Waals surface area (Å²) in [5.74, 6) is -5.48. The van der Waals surface area contributed by atoms with Gasteiger partial charge in [-0.2, -0.15) is 0 Å². The molecule has 0 radical (unpaired) electrons. The summed E-state index contributed by atoms with van der Waals surface area (Å²) in [6, 6.07) is 5.13. The third-order valence-electron chi connectivity index (χ3n) is 3.38. The zero-order valence-corrected chi connectivity index (χ0v) is 14.6. The lowest BCUT2D eigenvalue weighted by atomic mass is 10.2. The zero-order chi connectivity index (χ0) is 18.6. The molecule has 0 fully saturated rings. The highest BCUT2D eigenvalue weighted by Crippen LogP contribution is 2.20. The van der Waals surface area contributed by atoms with Crippen molar-refractivity contribution >= 4 is 28.8 Å². The Bertz CT molecular complexity index is 792. The van der Waals surface area contributed by atoms with Gasteiger partial charge in [0.1, 0.15) is 6.54 Å². The maximum absolute atomic E-state index is 13.6. The largest absolute Gasteiger partial charge is 0.329 e. The van der Waals surface area contributed by atoms with Gasteiger partial charge in [0.2, 0.25) is 5.91 Å². The van der Waals surface area contributed by atoms with Crippen molar-refractivity contribution in [2.75, 3.05) is 18.4 Å². The monoisotopic (exact) mass is 370 g/mol. The van der Waals surface area contributed by atoms with E-state index in [1.54, 1.807) is 12.1 Å². The van der Waals surface area contributed by atoms with Gasteiger partial charge in [0, 0.05) is 11.4 Å². The van der Waals surface area contributed by atoms with E-state index in [0.29, 0.717) is 17.8 Å². The van der Waals surface area contributed by atoms with Gasteiger partial charge in [-0.3, -0.25) is 9.59 Å². The Morgan fingerprint density at radius 1 is 1.12 bits per heavy atom. The lowest BCUT2D eigenvalue weighted by Crippen LogP contribution is -2.38. The molecule has 8 heteroatoms. The molecule has 1 N–H and O–H groups in total. The minimum absolute atomic E-state index is 0.305. The van der Waals surface area contributed by atoms with Crippen LogP contribution in [-0.2, 0) is 4.79 Å². The van der Waals surface area contributed by atoms with E-state index in [1.165, 1.54) is 16.2 Å². The van der Waals surface area contributed by atoms with Crippen LogP contribution in [0, 0.1) is 24.4 Å². The molecule has 0 saturated carbocycles. The number of nitrogens with zero attached hydrogens (tertiary/aromatic N) is 1. The first kappa shape index (κ1) is 19.0. The van der Waals surface area contributed by atoms with Crippen molar-refractivity contribution in [1.82, 2.24) is 4.90 Å². The van der Waals surface area contributed by atoms with Crippen LogP contribution in [0.4, 0.5) is 18.9 Å². The summed E-state index contributed by atoms with van der Waals surface area (Å²) in [5, 5.41) is 2.17. The van der Waals surface area contributed by atoms with Crippen LogP contribution in [0.1, 0.15) is 27.9 Å². The molecule has 2 rings (SSSR count). The molecule has 0 saturated heterocycles. The maximum atomic E-state index is 13.6. The normalized spacial score (nSPS) is 10.6. The quantitative estimate of drug-likeness (QED) is 0.783. The van der Waals surface area contributed by atoms with Crippen molar-refractivity contribution in [3.05, 3.63) is 51.5 Å². The predicted octanol–water partition coefficient (Wildman–Crippen LogP) is 3.96. The fraction of sp³-hybridized carbons (Fsp3) is 0.294. The number of aryl methyl sites for hydroxylation is 1. The fourth-order valence-corrected chi connectivity index (χ4v) is 3.05. The molecule has 134 valence electrons. The second-order valence-electron chi connectivity index (χ2n) is 5.41. The highest BCUT2D eigenvalue weighted by Gasteiger charge is 2.21. The first-order valence-corrected chi connectivity index (χ1v) is 8.44. The van der Waals surface area contributed by atoms with Gasteiger partial charge in [-0.1, -0.05) is 6.92 Å². The number of carbonyl (C=O) groups is 2. The number of thiophene rings is 1. The van der Waals surface area contributed by atoms with Crippen molar-refractivity contribution in [2.24, 2.45) is 0 Å². The molecule has 0 aliphatic carbocycles. The summed E-state index contributed by atoms with van der Waals surface area (Å²) in [4.78, 5) is 27.4. The van der Waals surface area contributed by atoms with E-state index in [1.807, 2.05) is 13.8 Å². The first-order valence-electron chi connectivity index (χ1n) is 7.62. The Labute approximate surface area is 147 Å². The molecule has 1 aromatic carbocycles. The van der Waals surface area contributed by atoms with Gasteiger partial charge in [-0.15, -0.1) is 11.3 Å².